The van der Waals surface area contributed by atoms with Gasteiger partial charge in [-0.25, -0.2) is 9.48 Å². The Labute approximate surface area is 150 Å². The minimum absolute atomic E-state index is 0.239. The van der Waals surface area contributed by atoms with Crippen LogP contribution in [0.2, 0.25) is 0 Å². The molecule has 7 heteroatoms. The first-order chi connectivity index (χ1) is 12.7. The Hall–Kier alpha value is -3.66. The number of esters is 1. The van der Waals surface area contributed by atoms with E-state index in [1.54, 1.807) is 36.2 Å². The summed E-state index contributed by atoms with van der Waals surface area (Å²) < 4.78 is 11.5. The predicted molar refractivity (Wildman–Crippen MR) is 93.6 cm³/mol. The van der Waals surface area contributed by atoms with Gasteiger partial charge in [-0.15, -0.1) is 5.10 Å². The highest BCUT2D eigenvalue weighted by atomic mass is 16.5. The normalized spacial score (nSPS) is 10.2. The van der Waals surface area contributed by atoms with E-state index >= 15 is 0 Å². The number of carbonyl (C=O) groups excluding carboxylic acids is 1. The lowest BCUT2D eigenvalue weighted by Crippen LogP contribution is -2.09. The summed E-state index contributed by atoms with van der Waals surface area (Å²) in [7, 11) is 2.90. The largest absolute Gasteiger partial charge is 0.497 e. The molecule has 3 aromatic rings. The lowest BCUT2D eigenvalue weighted by molar-refractivity contribution is 0.0600. The molecule has 0 aliphatic rings. The van der Waals surface area contributed by atoms with Gasteiger partial charge < -0.3 is 9.47 Å². The number of carbonyl (C=O) groups is 1. The van der Waals surface area contributed by atoms with Crippen molar-refractivity contribution < 1.29 is 14.3 Å². The molecule has 1 aromatic heterocycles. The van der Waals surface area contributed by atoms with E-state index in [4.69, 9.17) is 9.47 Å². The number of methoxy groups -OCH3 is 2. The van der Waals surface area contributed by atoms with E-state index in [-0.39, 0.29) is 11.1 Å². The molecule has 1 heterocycles. The predicted octanol–water partition coefficient (Wildman–Crippen LogP) is 2.66. The van der Waals surface area contributed by atoms with Gasteiger partial charge >= 0.3 is 5.97 Å². The summed E-state index contributed by atoms with van der Waals surface area (Å²) in [5.41, 5.74) is 2.79. The highest BCUT2D eigenvalue weighted by Gasteiger charge is 2.16. The van der Waals surface area contributed by atoms with Crippen molar-refractivity contribution in [1.82, 2.24) is 15.0 Å². The zero-order valence-corrected chi connectivity index (χ0v) is 14.3. The standard InChI is InChI=1S/C19H16N4O3/c1-25-15-8-6-13(7-9-15)18-12-23(22-21-18)11-14-4-3-5-16(17(14)10-20)19(24)26-2/h3-9,12H,11H2,1-2H3. The van der Waals surface area contributed by atoms with Crippen molar-refractivity contribution in [3.63, 3.8) is 0 Å². The van der Waals surface area contributed by atoms with E-state index in [2.05, 4.69) is 16.4 Å². The average molecular weight is 348 g/mol. The molecule has 0 saturated carbocycles. The third-order valence-electron chi connectivity index (χ3n) is 3.92. The van der Waals surface area contributed by atoms with Gasteiger partial charge in [0.25, 0.3) is 0 Å². The average Bonchev–Trinajstić information content (AvgIpc) is 3.15. The first kappa shape index (κ1) is 17.2. The summed E-state index contributed by atoms with van der Waals surface area (Å²) >= 11 is 0. The van der Waals surface area contributed by atoms with Crippen LogP contribution in [0.4, 0.5) is 0 Å². The van der Waals surface area contributed by atoms with Crippen LogP contribution < -0.4 is 4.74 Å². The fourth-order valence-electron chi connectivity index (χ4n) is 2.59. The lowest BCUT2D eigenvalue weighted by atomic mass is 10.0. The Morgan fingerprint density at radius 2 is 1.96 bits per heavy atom. The molecule has 0 aliphatic heterocycles. The van der Waals surface area contributed by atoms with Crippen LogP contribution in [0.5, 0.6) is 5.75 Å². The Kier molecular flexibility index (Phi) is 4.94. The van der Waals surface area contributed by atoms with Gasteiger partial charge in [-0.05, 0) is 35.9 Å². The number of ether oxygens (including phenoxy) is 2. The van der Waals surface area contributed by atoms with Crippen molar-refractivity contribution in [2.24, 2.45) is 0 Å². The van der Waals surface area contributed by atoms with Gasteiger partial charge in [0.2, 0.25) is 0 Å². The van der Waals surface area contributed by atoms with E-state index in [1.165, 1.54) is 7.11 Å². The van der Waals surface area contributed by atoms with Crippen LogP contribution in [-0.2, 0) is 11.3 Å². The maximum absolute atomic E-state index is 11.8. The van der Waals surface area contributed by atoms with Crippen molar-refractivity contribution in [3.8, 4) is 23.1 Å². The highest BCUT2D eigenvalue weighted by molar-refractivity contribution is 5.92. The summed E-state index contributed by atoms with van der Waals surface area (Å²) in [4.78, 5) is 11.8. The summed E-state index contributed by atoms with van der Waals surface area (Å²) in [5, 5.41) is 17.7. The number of hydrogen-bond acceptors (Lipinski definition) is 6. The highest BCUT2D eigenvalue weighted by Crippen LogP contribution is 2.21. The van der Waals surface area contributed by atoms with E-state index in [9.17, 15) is 10.1 Å². The number of rotatable bonds is 5. The van der Waals surface area contributed by atoms with Crippen molar-refractivity contribution in [3.05, 3.63) is 65.4 Å². The first-order valence-corrected chi connectivity index (χ1v) is 7.81. The molecule has 0 bridgehead atoms. The monoisotopic (exact) mass is 348 g/mol. The molecule has 0 unspecified atom stereocenters. The van der Waals surface area contributed by atoms with Crippen LogP contribution in [-0.4, -0.2) is 35.2 Å². The molecule has 130 valence electrons. The summed E-state index contributed by atoms with van der Waals surface area (Å²) in [6.07, 6.45) is 1.79. The van der Waals surface area contributed by atoms with Crippen molar-refractivity contribution >= 4 is 5.97 Å². The van der Waals surface area contributed by atoms with Crippen LogP contribution in [0, 0.1) is 11.3 Å². The van der Waals surface area contributed by atoms with E-state index in [1.807, 2.05) is 24.3 Å². The molecular weight excluding hydrogens is 332 g/mol. The minimum atomic E-state index is -0.541. The smallest absolute Gasteiger partial charge is 0.339 e. The number of aromatic nitrogens is 3. The minimum Gasteiger partial charge on any atom is -0.497 e. The molecule has 0 aliphatic carbocycles. The van der Waals surface area contributed by atoms with E-state index in [0.717, 1.165) is 11.3 Å². The fourth-order valence-corrected chi connectivity index (χ4v) is 2.59. The Morgan fingerprint density at radius 1 is 1.19 bits per heavy atom. The summed E-state index contributed by atoms with van der Waals surface area (Å²) in [5.74, 6) is 0.223. The van der Waals surface area contributed by atoms with Gasteiger partial charge in [-0.1, -0.05) is 17.3 Å². The lowest BCUT2D eigenvalue weighted by Gasteiger charge is -2.07. The van der Waals surface area contributed by atoms with Crippen molar-refractivity contribution in [2.45, 2.75) is 6.54 Å². The van der Waals surface area contributed by atoms with Crippen LogP contribution in [0.15, 0.2) is 48.7 Å². The zero-order chi connectivity index (χ0) is 18.5. The third-order valence-corrected chi connectivity index (χ3v) is 3.92. The van der Waals surface area contributed by atoms with Crippen molar-refractivity contribution in [1.29, 1.82) is 5.26 Å². The van der Waals surface area contributed by atoms with Gasteiger partial charge in [0.15, 0.2) is 0 Å². The molecular formula is C19H16N4O3. The topological polar surface area (TPSA) is 90.0 Å². The number of hydrogen-bond donors (Lipinski definition) is 0. The van der Waals surface area contributed by atoms with Crippen LogP contribution in [0.1, 0.15) is 21.5 Å². The van der Waals surface area contributed by atoms with Gasteiger partial charge in [0.05, 0.1) is 38.1 Å². The number of nitriles is 1. The second-order valence-electron chi connectivity index (χ2n) is 5.47. The van der Waals surface area contributed by atoms with E-state index < -0.39 is 5.97 Å². The third kappa shape index (κ3) is 3.39. The van der Waals surface area contributed by atoms with Crippen LogP contribution in [0.3, 0.4) is 0 Å². The van der Waals surface area contributed by atoms with Gasteiger partial charge in [-0.2, -0.15) is 5.26 Å². The van der Waals surface area contributed by atoms with Gasteiger partial charge in [-0.3, -0.25) is 0 Å². The molecule has 0 atom stereocenters. The molecule has 2 aromatic carbocycles. The SMILES string of the molecule is COC(=O)c1cccc(Cn2cc(-c3ccc(OC)cc3)nn2)c1C#N. The second-order valence-corrected chi connectivity index (χ2v) is 5.47. The maximum Gasteiger partial charge on any atom is 0.339 e. The number of nitrogens with zero attached hydrogens (tertiary/aromatic N) is 4. The molecule has 0 fully saturated rings. The van der Waals surface area contributed by atoms with Crippen LogP contribution >= 0.6 is 0 Å². The Bertz CT molecular complexity index is 971. The molecule has 0 radical (unpaired) electrons. The Morgan fingerprint density at radius 3 is 2.62 bits per heavy atom. The molecule has 0 saturated heterocycles. The van der Waals surface area contributed by atoms with Crippen LogP contribution in [0.25, 0.3) is 11.3 Å². The molecule has 0 spiro atoms. The molecule has 0 amide bonds. The second kappa shape index (κ2) is 7.49. The maximum atomic E-state index is 11.8. The zero-order valence-electron chi connectivity index (χ0n) is 14.3. The van der Waals surface area contributed by atoms with E-state index in [0.29, 0.717) is 17.8 Å². The molecule has 3 rings (SSSR count). The number of benzene rings is 2. The molecule has 0 N–H and O–H groups in total. The Balaban J connectivity index is 1.87. The molecule has 26 heavy (non-hydrogen) atoms. The summed E-state index contributed by atoms with van der Waals surface area (Å²) in [6.45, 7) is 0.316. The quantitative estimate of drug-likeness (QED) is 0.659. The molecule has 7 nitrogen and oxygen atoms in total. The van der Waals surface area contributed by atoms with Crippen molar-refractivity contribution in [2.75, 3.05) is 14.2 Å². The first-order valence-electron chi connectivity index (χ1n) is 7.81. The summed E-state index contributed by atoms with van der Waals surface area (Å²) in [6, 6.07) is 14.6. The van der Waals surface area contributed by atoms with Gasteiger partial charge in [0.1, 0.15) is 17.5 Å². The fraction of sp³-hybridized carbons (Fsp3) is 0.158. The van der Waals surface area contributed by atoms with Gasteiger partial charge in [0, 0.05) is 5.56 Å².